The van der Waals surface area contributed by atoms with Crippen LogP contribution in [0.1, 0.15) is 43.0 Å². The van der Waals surface area contributed by atoms with Gasteiger partial charge in [0, 0.05) is 18.8 Å². The maximum absolute atomic E-state index is 12.5. The molecule has 2 aromatic rings. The van der Waals surface area contributed by atoms with Gasteiger partial charge in [-0.25, -0.2) is 4.98 Å². The minimum absolute atomic E-state index is 0.182. The third kappa shape index (κ3) is 7.21. The highest BCUT2D eigenvalue weighted by Crippen LogP contribution is 2.25. The molecule has 0 saturated carbocycles. The molecule has 154 valence electrons. The fraction of sp³-hybridized carbons (Fsp3) is 0.350. The molecule has 9 heteroatoms. The van der Waals surface area contributed by atoms with E-state index in [-0.39, 0.29) is 35.3 Å². The lowest BCUT2D eigenvalue weighted by Gasteiger charge is -2.10. The average Bonchev–Trinajstić information content (AvgIpc) is 2.72. The summed E-state index contributed by atoms with van der Waals surface area (Å²) in [5.41, 5.74) is -0.552. The van der Waals surface area contributed by atoms with E-state index in [1.54, 1.807) is 18.2 Å². The highest BCUT2D eigenvalue weighted by Gasteiger charge is 2.21. The average molecular weight is 400 g/mol. The van der Waals surface area contributed by atoms with Crippen molar-refractivity contribution in [2.24, 2.45) is 0 Å². The monoisotopic (exact) mass is 400 g/mol. The molecule has 1 aromatic carbocycles. The van der Waals surface area contributed by atoms with E-state index in [9.17, 15) is 19.7 Å². The van der Waals surface area contributed by atoms with E-state index in [0.29, 0.717) is 6.54 Å². The number of anilines is 1. The van der Waals surface area contributed by atoms with E-state index >= 15 is 0 Å². The molecule has 1 aromatic heterocycles. The molecule has 1 heterocycles. The SMILES string of the molecule is CCCCCCNC(=O)COc1ccc([N+](=O)[O-])c(C(=O)Nc2ccccn2)c1. The van der Waals surface area contributed by atoms with Crippen molar-refractivity contribution in [1.82, 2.24) is 10.3 Å². The van der Waals surface area contributed by atoms with Gasteiger partial charge in [0.25, 0.3) is 17.5 Å². The summed E-state index contributed by atoms with van der Waals surface area (Å²) < 4.78 is 5.39. The second-order valence-corrected chi connectivity index (χ2v) is 6.30. The van der Waals surface area contributed by atoms with Gasteiger partial charge >= 0.3 is 0 Å². The molecule has 0 aliphatic heterocycles. The van der Waals surface area contributed by atoms with E-state index < -0.39 is 10.8 Å². The van der Waals surface area contributed by atoms with Crippen LogP contribution in [0, 0.1) is 10.1 Å². The van der Waals surface area contributed by atoms with Crippen molar-refractivity contribution < 1.29 is 19.2 Å². The number of rotatable bonds is 11. The Hall–Kier alpha value is -3.49. The molecule has 0 fully saturated rings. The normalized spacial score (nSPS) is 10.2. The van der Waals surface area contributed by atoms with Crippen LogP contribution in [-0.4, -0.2) is 34.9 Å². The summed E-state index contributed by atoms with van der Waals surface area (Å²) in [7, 11) is 0. The van der Waals surface area contributed by atoms with E-state index in [2.05, 4.69) is 22.5 Å². The number of carbonyl (C=O) groups is 2. The molecule has 0 radical (unpaired) electrons. The summed E-state index contributed by atoms with van der Waals surface area (Å²) in [4.78, 5) is 38.9. The maximum Gasteiger partial charge on any atom is 0.282 e. The summed E-state index contributed by atoms with van der Waals surface area (Å²) in [5, 5.41) is 16.5. The number of benzene rings is 1. The van der Waals surface area contributed by atoms with Crippen LogP contribution < -0.4 is 15.4 Å². The molecule has 0 aliphatic rings. The number of pyridine rings is 1. The Morgan fingerprint density at radius 1 is 1.17 bits per heavy atom. The lowest BCUT2D eigenvalue weighted by molar-refractivity contribution is -0.385. The number of unbranched alkanes of at least 4 members (excludes halogenated alkanes) is 3. The van der Waals surface area contributed by atoms with Crippen molar-refractivity contribution in [3.05, 3.63) is 58.3 Å². The number of nitrogens with one attached hydrogen (secondary N) is 2. The molecule has 9 nitrogen and oxygen atoms in total. The first-order valence-corrected chi connectivity index (χ1v) is 9.41. The Bertz CT molecular complexity index is 842. The Labute approximate surface area is 168 Å². The summed E-state index contributed by atoms with van der Waals surface area (Å²) >= 11 is 0. The number of carbonyl (C=O) groups excluding carboxylic acids is 2. The number of hydrogen-bond donors (Lipinski definition) is 2. The molecule has 0 unspecified atom stereocenters. The molecular weight excluding hydrogens is 376 g/mol. The Balaban J connectivity index is 1.99. The van der Waals surface area contributed by atoms with E-state index in [1.807, 2.05) is 0 Å². The third-order valence-corrected chi connectivity index (χ3v) is 4.04. The minimum Gasteiger partial charge on any atom is -0.484 e. The lowest BCUT2D eigenvalue weighted by Crippen LogP contribution is -2.29. The molecule has 29 heavy (non-hydrogen) atoms. The van der Waals surface area contributed by atoms with Gasteiger partial charge in [0.2, 0.25) is 0 Å². The molecule has 0 saturated heterocycles. The van der Waals surface area contributed by atoms with Gasteiger partial charge in [-0.15, -0.1) is 0 Å². The molecule has 2 N–H and O–H groups in total. The van der Waals surface area contributed by atoms with Crippen molar-refractivity contribution in [2.45, 2.75) is 32.6 Å². The largest absolute Gasteiger partial charge is 0.484 e. The van der Waals surface area contributed by atoms with Crippen LogP contribution in [-0.2, 0) is 4.79 Å². The number of amides is 2. The second kappa shape index (κ2) is 11.4. The van der Waals surface area contributed by atoms with Crippen LogP contribution in [0.3, 0.4) is 0 Å². The quantitative estimate of drug-likeness (QED) is 0.339. The van der Waals surface area contributed by atoms with Crippen LogP contribution in [0.2, 0.25) is 0 Å². The second-order valence-electron chi connectivity index (χ2n) is 6.30. The molecule has 0 bridgehead atoms. The standard InChI is InChI=1S/C20H24N4O5/c1-2-3-4-6-12-22-19(25)14-29-15-9-10-17(24(27)28)16(13-15)20(26)23-18-8-5-7-11-21-18/h5,7-11,13H,2-4,6,12,14H2,1H3,(H,22,25)(H,21,23,26). The Kier molecular flexibility index (Phi) is 8.55. The van der Waals surface area contributed by atoms with Gasteiger partial charge in [0.05, 0.1) is 4.92 Å². The van der Waals surface area contributed by atoms with E-state index in [1.165, 1.54) is 24.4 Å². The summed E-state index contributed by atoms with van der Waals surface area (Å²) in [6.07, 6.45) is 5.68. The van der Waals surface area contributed by atoms with Gasteiger partial charge in [0.1, 0.15) is 17.1 Å². The summed E-state index contributed by atoms with van der Waals surface area (Å²) in [6.45, 7) is 2.44. The first-order valence-electron chi connectivity index (χ1n) is 9.41. The highest BCUT2D eigenvalue weighted by molar-refractivity contribution is 6.06. The predicted octanol–water partition coefficient (Wildman–Crippen LogP) is 3.32. The fourth-order valence-corrected chi connectivity index (χ4v) is 2.55. The van der Waals surface area contributed by atoms with Gasteiger partial charge < -0.3 is 15.4 Å². The molecular formula is C20H24N4O5. The van der Waals surface area contributed by atoms with Crippen LogP contribution in [0.15, 0.2) is 42.6 Å². The van der Waals surface area contributed by atoms with Crippen molar-refractivity contribution in [3.8, 4) is 5.75 Å². The number of nitrogens with zero attached hydrogens (tertiary/aromatic N) is 2. The van der Waals surface area contributed by atoms with Crippen LogP contribution in [0.25, 0.3) is 0 Å². The first-order chi connectivity index (χ1) is 14.0. The van der Waals surface area contributed by atoms with Crippen molar-refractivity contribution in [3.63, 3.8) is 0 Å². The molecule has 0 spiro atoms. The fourth-order valence-electron chi connectivity index (χ4n) is 2.55. The zero-order valence-corrected chi connectivity index (χ0v) is 16.2. The van der Waals surface area contributed by atoms with Gasteiger partial charge in [-0.3, -0.25) is 19.7 Å². The van der Waals surface area contributed by atoms with Gasteiger partial charge in [-0.2, -0.15) is 0 Å². The van der Waals surface area contributed by atoms with Crippen molar-refractivity contribution in [1.29, 1.82) is 0 Å². The van der Waals surface area contributed by atoms with Crippen molar-refractivity contribution >= 4 is 23.3 Å². The number of nitro groups is 1. The zero-order chi connectivity index (χ0) is 21.1. The molecule has 0 aliphatic carbocycles. The van der Waals surface area contributed by atoms with Crippen molar-refractivity contribution in [2.75, 3.05) is 18.5 Å². The van der Waals surface area contributed by atoms with Gasteiger partial charge in [-0.05, 0) is 30.7 Å². The van der Waals surface area contributed by atoms with Gasteiger partial charge in [0.15, 0.2) is 6.61 Å². The third-order valence-electron chi connectivity index (χ3n) is 4.04. The van der Waals surface area contributed by atoms with Crippen LogP contribution in [0.4, 0.5) is 11.5 Å². The minimum atomic E-state index is -0.693. The molecule has 0 atom stereocenters. The smallest absolute Gasteiger partial charge is 0.282 e. The first kappa shape index (κ1) is 21.8. The number of hydrogen-bond acceptors (Lipinski definition) is 6. The Morgan fingerprint density at radius 3 is 2.69 bits per heavy atom. The molecule has 2 amide bonds. The zero-order valence-electron chi connectivity index (χ0n) is 16.2. The lowest BCUT2D eigenvalue weighted by atomic mass is 10.1. The topological polar surface area (TPSA) is 123 Å². The van der Waals surface area contributed by atoms with Crippen LogP contribution in [0.5, 0.6) is 5.75 Å². The number of ether oxygens (including phenoxy) is 1. The van der Waals surface area contributed by atoms with Crippen LogP contribution >= 0.6 is 0 Å². The van der Waals surface area contributed by atoms with E-state index in [4.69, 9.17) is 4.74 Å². The Morgan fingerprint density at radius 2 is 2.00 bits per heavy atom. The molecule has 2 rings (SSSR count). The summed E-state index contributed by atoms with van der Waals surface area (Å²) in [5.74, 6) is -0.538. The number of aromatic nitrogens is 1. The maximum atomic E-state index is 12.5. The van der Waals surface area contributed by atoms with Gasteiger partial charge in [-0.1, -0.05) is 32.3 Å². The summed E-state index contributed by atoms with van der Waals surface area (Å²) in [6, 6.07) is 8.69. The number of nitro benzene ring substituents is 1. The highest BCUT2D eigenvalue weighted by atomic mass is 16.6. The predicted molar refractivity (Wildman–Crippen MR) is 108 cm³/mol. The van der Waals surface area contributed by atoms with E-state index in [0.717, 1.165) is 25.7 Å².